The molecule has 1 aliphatic rings. The van der Waals surface area contributed by atoms with Crippen LogP contribution in [0.1, 0.15) is 43.7 Å². The Morgan fingerprint density at radius 2 is 2.50 bits per heavy atom. The molecule has 1 fully saturated rings. The highest BCUT2D eigenvalue weighted by Crippen LogP contribution is 2.32. The Labute approximate surface area is 99.3 Å². The first-order chi connectivity index (χ1) is 7.59. The van der Waals surface area contributed by atoms with Crippen LogP contribution >= 0.6 is 11.3 Å². The molecular weight excluding hydrogens is 222 g/mol. The van der Waals surface area contributed by atoms with Crippen molar-refractivity contribution in [1.82, 2.24) is 10.3 Å². The molecule has 0 aromatic carbocycles. The van der Waals surface area contributed by atoms with E-state index in [2.05, 4.69) is 10.3 Å². The summed E-state index contributed by atoms with van der Waals surface area (Å²) in [5, 5.41) is 5.78. The molecule has 2 rings (SSSR count). The number of carbonyl (C=O) groups excluding carboxylic acids is 1. The Morgan fingerprint density at radius 3 is 3.00 bits per heavy atom. The normalized spacial score (nSPS) is 19.9. The lowest BCUT2D eigenvalue weighted by Crippen LogP contribution is -2.50. The van der Waals surface area contributed by atoms with Crippen molar-refractivity contribution >= 4 is 17.2 Å². The molecule has 88 valence electrons. The van der Waals surface area contributed by atoms with E-state index >= 15 is 0 Å². The first kappa shape index (κ1) is 11.5. The van der Waals surface area contributed by atoms with Gasteiger partial charge in [0.15, 0.2) is 0 Å². The number of nitrogens with zero attached hydrogens (tertiary/aromatic N) is 1. The van der Waals surface area contributed by atoms with E-state index in [0.29, 0.717) is 6.42 Å². The average Bonchev–Trinajstić information content (AvgIpc) is 2.67. The van der Waals surface area contributed by atoms with Crippen LogP contribution in [0.25, 0.3) is 0 Å². The molecule has 4 nitrogen and oxygen atoms in total. The van der Waals surface area contributed by atoms with Gasteiger partial charge >= 0.3 is 0 Å². The topological polar surface area (TPSA) is 68.0 Å². The quantitative estimate of drug-likeness (QED) is 0.838. The van der Waals surface area contributed by atoms with Gasteiger partial charge in [-0.3, -0.25) is 4.79 Å². The van der Waals surface area contributed by atoms with E-state index < -0.39 is 0 Å². The molecule has 1 aromatic rings. The molecule has 0 bridgehead atoms. The van der Waals surface area contributed by atoms with Crippen molar-refractivity contribution in [3.63, 3.8) is 0 Å². The van der Waals surface area contributed by atoms with Gasteiger partial charge in [-0.1, -0.05) is 0 Å². The highest BCUT2D eigenvalue weighted by Gasteiger charge is 2.34. The Hall–Kier alpha value is -0.940. The van der Waals surface area contributed by atoms with E-state index in [0.717, 1.165) is 24.3 Å². The summed E-state index contributed by atoms with van der Waals surface area (Å²) in [6.45, 7) is 1.95. The van der Waals surface area contributed by atoms with Gasteiger partial charge < -0.3 is 11.1 Å². The molecule has 5 heteroatoms. The Morgan fingerprint density at radius 1 is 1.75 bits per heavy atom. The Kier molecular flexibility index (Phi) is 3.25. The molecule has 1 aromatic heterocycles. The minimum atomic E-state index is -0.243. The van der Waals surface area contributed by atoms with Crippen LogP contribution in [0, 0.1) is 0 Å². The van der Waals surface area contributed by atoms with Crippen molar-refractivity contribution < 1.29 is 4.79 Å². The number of thiazole rings is 1. The van der Waals surface area contributed by atoms with Gasteiger partial charge in [0.05, 0.1) is 6.04 Å². The summed E-state index contributed by atoms with van der Waals surface area (Å²) < 4.78 is 0. The lowest BCUT2D eigenvalue weighted by atomic mass is 9.75. The average molecular weight is 239 g/mol. The van der Waals surface area contributed by atoms with Gasteiger partial charge in [0.1, 0.15) is 5.01 Å². The zero-order chi connectivity index (χ0) is 11.6. The van der Waals surface area contributed by atoms with Crippen molar-refractivity contribution in [3.05, 3.63) is 16.6 Å². The summed E-state index contributed by atoms with van der Waals surface area (Å²) in [5.41, 5.74) is 5.78. The maximum absolute atomic E-state index is 11.7. The van der Waals surface area contributed by atoms with Gasteiger partial charge in [-0.05, 0) is 26.2 Å². The molecule has 0 spiro atoms. The van der Waals surface area contributed by atoms with Crippen molar-refractivity contribution in [2.75, 3.05) is 0 Å². The minimum absolute atomic E-state index is 0.0174. The second-order valence-corrected chi connectivity index (χ2v) is 5.48. The van der Waals surface area contributed by atoms with Gasteiger partial charge in [-0.2, -0.15) is 0 Å². The van der Waals surface area contributed by atoms with Crippen molar-refractivity contribution in [3.8, 4) is 0 Å². The molecule has 1 amide bonds. The van der Waals surface area contributed by atoms with Gasteiger partial charge in [0.2, 0.25) is 5.91 Å². The second kappa shape index (κ2) is 4.51. The van der Waals surface area contributed by atoms with E-state index in [1.54, 1.807) is 17.5 Å². The van der Waals surface area contributed by atoms with Crippen molar-refractivity contribution in [2.45, 2.75) is 44.2 Å². The van der Waals surface area contributed by atoms with E-state index in [1.807, 2.05) is 12.3 Å². The fourth-order valence-electron chi connectivity index (χ4n) is 1.93. The monoisotopic (exact) mass is 239 g/mol. The fraction of sp³-hybridized carbons (Fsp3) is 0.636. The van der Waals surface area contributed by atoms with E-state index in [1.165, 1.54) is 0 Å². The third-order valence-corrected chi connectivity index (χ3v) is 4.02. The number of amides is 1. The highest BCUT2D eigenvalue weighted by molar-refractivity contribution is 7.09. The standard InChI is InChI=1S/C11H17N3OS/c1-8(10-13-5-6-16-10)14-9(15)7-11(12)3-2-4-11/h5-6,8H,2-4,7,12H2,1H3,(H,14,15). The third-order valence-electron chi connectivity index (χ3n) is 3.06. The molecule has 1 aliphatic carbocycles. The fourth-order valence-corrected chi connectivity index (χ4v) is 2.58. The number of aromatic nitrogens is 1. The lowest BCUT2D eigenvalue weighted by molar-refractivity contribution is -0.123. The SMILES string of the molecule is CC(NC(=O)CC1(N)CCC1)c1nccs1. The molecule has 0 aliphatic heterocycles. The molecule has 0 saturated heterocycles. The van der Waals surface area contributed by atoms with Crippen LogP contribution in [0.4, 0.5) is 0 Å². The summed E-state index contributed by atoms with van der Waals surface area (Å²) >= 11 is 1.55. The van der Waals surface area contributed by atoms with Crippen LogP contribution in [0.2, 0.25) is 0 Å². The second-order valence-electron chi connectivity index (χ2n) is 4.55. The van der Waals surface area contributed by atoms with Crippen LogP contribution in [0.3, 0.4) is 0 Å². The van der Waals surface area contributed by atoms with Crippen LogP contribution < -0.4 is 11.1 Å². The van der Waals surface area contributed by atoms with Crippen LogP contribution in [0.15, 0.2) is 11.6 Å². The summed E-state index contributed by atoms with van der Waals surface area (Å²) in [4.78, 5) is 15.9. The number of nitrogens with two attached hydrogens (primary N) is 1. The molecule has 1 unspecified atom stereocenters. The summed E-state index contributed by atoms with van der Waals surface area (Å²) in [6.07, 6.45) is 5.26. The third kappa shape index (κ3) is 2.59. The summed E-state index contributed by atoms with van der Waals surface area (Å²) in [7, 11) is 0. The summed E-state index contributed by atoms with van der Waals surface area (Å²) in [5.74, 6) is 0.0323. The van der Waals surface area contributed by atoms with Gasteiger partial charge in [-0.25, -0.2) is 4.98 Å². The van der Waals surface area contributed by atoms with Gasteiger partial charge in [0.25, 0.3) is 0 Å². The first-order valence-electron chi connectivity index (χ1n) is 5.57. The zero-order valence-electron chi connectivity index (χ0n) is 9.40. The van der Waals surface area contributed by atoms with Crippen molar-refractivity contribution in [2.24, 2.45) is 5.73 Å². The van der Waals surface area contributed by atoms with Crippen LogP contribution in [0.5, 0.6) is 0 Å². The first-order valence-corrected chi connectivity index (χ1v) is 6.45. The molecule has 1 heterocycles. The molecule has 16 heavy (non-hydrogen) atoms. The molecule has 1 atom stereocenters. The molecule has 0 radical (unpaired) electrons. The number of hydrogen-bond acceptors (Lipinski definition) is 4. The maximum Gasteiger partial charge on any atom is 0.222 e. The number of hydrogen-bond donors (Lipinski definition) is 2. The Balaban J connectivity index is 1.83. The van der Waals surface area contributed by atoms with E-state index in [-0.39, 0.29) is 17.5 Å². The minimum Gasteiger partial charge on any atom is -0.347 e. The largest absolute Gasteiger partial charge is 0.347 e. The maximum atomic E-state index is 11.7. The number of carbonyl (C=O) groups is 1. The predicted octanol–water partition coefficient (Wildman–Crippen LogP) is 1.59. The number of rotatable bonds is 4. The smallest absolute Gasteiger partial charge is 0.222 e. The molecular formula is C11H17N3OS. The van der Waals surface area contributed by atoms with Crippen LogP contribution in [-0.2, 0) is 4.79 Å². The van der Waals surface area contributed by atoms with E-state index in [4.69, 9.17) is 5.73 Å². The predicted molar refractivity (Wildman–Crippen MR) is 64.1 cm³/mol. The van der Waals surface area contributed by atoms with Crippen LogP contribution in [-0.4, -0.2) is 16.4 Å². The summed E-state index contributed by atoms with van der Waals surface area (Å²) in [6, 6.07) is -0.0174. The highest BCUT2D eigenvalue weighted by atomic mass is 32.1. The zero-order valence-corrected chi connectivity index (χ0v) is 10.2. The van der Waals surface area contributed by atoms with Crippen molar-refractivity contribution in [1.29, 1.82) is 0 Å². The molecule has 3 N–H and O–H groups in total. The van der Waals surface area contributed by atoms with Gasteiger partial charge in [-0.15, -0.1) is 11.3 Å². The lowest BCUT2D eigenvalue weighted by Gasteiger charge is -2.37. The molecule has 1 saturated carbocycles. The van der Waals surface area contributed by atoms with E-state index in [9.17, 15) is 4.79 Å². The number of nitrogens with one attached hydrogen (secondary N) is 1. The Bertz CT molecular complexity index is 359. The van der Waals surface area contributed by atoms with Gasteiger partial charge in [0, 0.05) is 23.5 Å².